The molecule has 2 atom stereocenters. The van der Waals surface area contributed by atoms with Crippen LogP contribution in [0.2, 0.25) is 5.02 Å². The lowest BCUT2D eigenvalue weighted by Gasteiger charge is -2.34. The molecule has 0 fully saturated rings. The lowest BCUT2D eigenvalue weighted by Crippen LogP contribution is -2.21. The van der Waals surface area contributed by atoms with E-state index in [0.717, 1.165) is 11.4 Å². The van der Waals surface area contributed by atoms with Crippen LogP contribution >= 0.6 is 27.5 Å². The quantitative estimate of drug-likeness (QED) is 0.615. The van der Waals surface area contributed by atoms with Gasteiger partial charge in [-0.05, 0) is 54.2 Å². The third kappa shape index (κ3) is 2.23. The van der Waals surface area contributed by atoms with E-state index in [2.05, 4.69) is 66.2 Å². The van der Waals surface area contributed by atoms with Gasteiger partial charge in [0.05, 0.1) is 0 Å². The Morgan fingerprint density at radius 2 is 1.84 bits per heavy atom. The number of hydrogen-bond donors (Lipinski definition) is 0. The van der Waals surface area contributed by atoms with Gasteiger partial charge in [0, 0.05) is 15.8 Å². The summed E-state index contributed by atoms with van der Waals surface area (Å²) in [6.45, 7) is 4.25. The molecule has 19 heavy (non-hydrogen) atoms. The second kappa shape index (κ2) is 4.96. The zero-order valence-corrected chi connectivity index (χ0v) is 13.4. The monoisotopic (exact) mass is 334 g/mol. The maximum absolute atomic E-state index is 6.42. The molecule has 2 heteroatoms. The van der Waals surface area contributed by atoms with Crippen LogP contribution < -0.4 is 0 Å². The fraction of sp³-hybridized carbons (Fsp3) is 0.294. The van der Waals surface area contributed by atoms with E-state index < -0.39 is 0 Å². The Kier molecular flexibility index (Phi) is 3.44. The van der Waals surface area contributed by atoms with Gasteiger partial charge in [0.2, 0.25) is 0 Å². The Bertz CT molecular complexity index is 633. The Balaban J connectivity index is 1.94. The second-order valence-electron chi connectivity index (χ2n) is 5.37. The van der Waals surface area contributed by atoms with Gasteiger partial charge in [-0.1, -0.05) is 57.9 Å². The van der Waals surface area contributed by atoms with E-state index in [1.807, 2.05) is 0 Å². The molecule has 0 amide bonds. The largest absolute Gasteiger partial charge is 0.0840 e. The molecule has 3 rings (SSSR count). The lowest BCUT2D eigenvalue weighted by atomic mass is 9.74. The average molecular weight is 336 g/mol. The van der Waals surface area contributed by atoms with Crippen molar-refractivity contribution in [3.8, 4) is 0 Å². The minimum absolute atomic E-state index is 0.300. The van der Waals surface area contributed by atoms with Crippen molar-refractivity contribution in [3.63, 3.8) is 0 Å². The van der Waals surface area contributed by atoms with Gasteiger partial charge >= 0.3 is 0 Å². The zero-order valence-electron chi connectivity index (χ0n) is 11.1. The summed E-state index contributed by atoms with van der Waals surface area (Å²) in [5.41, 5.74) is 6.69. The van der Waals surface area contributed by atoms with Gasteiger partial charge in [0.15, 0.2) is 0 Å². The number of alkyl halides is 1. The van der Waals surface area contributed by atoms with Crippen LogP contribution in [0.3, 0.4) is 0 Å². The van der Waals surface area contributed by atoms with E-state index in [0.29, 0.717) is 10.7 Å². The van der Waals surface area contributed by atoms with E-state index in [1.54, 1.807) is 0 Å². The Hall–Kier alpha value is -0.790. The number of benzene rings is 2. The number of hydrogen-bond acceptors (Lipinski definition) is 0. The first-order chi connectivity index (χ1) is 9.08. The topological polar surface area (TPSA) is 0 Å². The van der Waals surface area contributed by atoms with Crippen molar-refractivity contribution in [1.29, 1.82) is 0 Å². The first-order valence-corrected chi connectivity index (χ1v) is 7.86. The molecule has 0 saturated heterocycles. The highest BCUT2D eigenvalue weighted by Crippen LogP contribution is 2.49. The Labute approximate surface area is 127 Å². The molecule has 2 aromatic carbocycles. The molecule has 2 aromatic rings. The van der Waals surface area contributed by atoms with Crippen molar-refractivity contribution >= 4 is 27.5 Å². The van der Waals surface area contributed by atoms with Gasteiger partial charge in [-0.3, -0.25) is 0 Å². The van der Waals surface area contributed by atoms with Gasteiger partial charge < -0.3 is 0 Å². The molecule has 0 bridgehead atoms. The molecule has 1 aliphatic carbocycles. The van der Waals surface area contributed by atoms with Crippen LogP contribution in [-0.2, 0) is 6.42 Å². The molecule has 0 nitrogen and oxygen atoms in total. The molecule has 0 aliphatic heterocycles. The molecule has 2 unspecified atom stereocenters. The van der Waals surface area contributed by atoms with Crippen molar-refractivity contribution < 1.29 is 0 Å². The predicted octanol–water partition coefficient (Wildman–Crippen LogP) is 5.73. The van der Waals surface area contributed by atoms with Crippen LogP contribution in [0.1, 0.15) is 38.6 Å². The summed E-state index contributed by atoms with van der Waals surface area (Å²) in [4.78, 5) is 0.300. The van der Waals surface area contributed by atoms with Crippen LogP contribution in [0, 0.1) is 13.8 Å². The summed E-state index contributed by atoms with van der Waals surface area (Å²) in [7, 11) is 0. The highest BCUT2D eigenvalue weighted by molar-refractivity contribution is 9.09. The first kappa shape index (κ1) is 13.2. The molecule has 0 saturated carbocycles. The standard InChI is InChI=1S/C17H16BrCl/c1-10-7-15(16(19)8-11(10)2)17(18)14-9-12-5-3-4-6-13(12)14/h3-8,14,17H,9H2,1-2H3. The van der Waals surface area contributed by atoms with E-state index in [9.17, 15) is 0 Å². The summed E-state index contributed by atoms with van der Waals surface area (Å²) in [6.07, 6.45) is 1.13. The number of rotatable bonds is 2. The Morgan fingerprint density at radius 3 is 2.58 bits per heavy atom. The van der Waals surface area contributed by atoms with Crippen molar-refractivity contribution in [2.24, 2.45) is 0 Å². The van der Waals surface area contributed by atoms with Gasteiger partial charge in [-0.25, -0.2) is 0 Å². The summed E-state index contributed by atoms with van der Waals surface area (Å²) >= 11 is 10.3. The molecule has 0 heterocycles. The first-order valence-electron chi connectivity index (χ1n) is 6.56. The number of fused-ring (bicyclic) bond motifs is 1. The second-order valence-corrected chi connectivity index (χ2v) is 6.76. The molecule has 98 valence electrons. The summed E-state index contributed by atoms with van der Waals surface area (Å²) < 4.78 is 0. The molecular formula is C17H16BrCl. The zero-order chi connectivity index (χ0) is 13.6. The van der Waals surface area contributed by atoms with Gasteiger partial charge in [-0.2, -0.15) is 0 Å². The van der Waals surface area contributed by atoms with Crippen LogP contribution in [-0.4, -0.2) is 0 Å². The number of halogens is 2. The van der Waals surface area contributed by atoms with Crippen LogP contribution in [0.5, 0.6) is 0 Å². The molecule has 1 aliphatic rings. The molecular weight excluding hydrogens is 320 g/mol. The highest BCUT2D eigenvalue weighted by Gasteiger charge is 2.33. The molecule has 0 spiro atoms. The van der Waals surface area contributed by atoms with E-state index in [1.165, 1.54) is 27.8 Å². The van der Waals surface area contributed by atoms with Crippen molar-refractivity contribution in [1.82, 2.24) is 0 Å². The predicted molar refractivity (Wildman–Crippen MR) is 85.5 cm³/mol. The maximum Gasteiger partial charge on any atom is 0.0481 e. The minimum atomic E-state index is 0.300. The average Bonchev–Trinajstić information content (AvgIpc) is 2.35. The normalized spacial score (nSPS) is 18.6. The summed E-state index contributed by atoms with van der Waals surface area (Å²) in [5, 5.41) is 0.870. The van der Waals surface area contributed by atoms with Gasteiger partial charge in [-0.15, -0.1) is 0 Å². The van der Waals surface area contributed by atoms with Crippen LogP contribution in [0.25, 0.3) is 0 Å². The fourth-order valence-corrected chi connectivity index (χ4v) is 4.11. The lowest BCUT2D eigenvalue weighted by molar-refractivity contribution is 0.600. The summed E-state index contributed by atoms with van der Waals surface area (Å²) in [6, 6.07) is 13.0. The van der Waals surface area contributed by atoms with Crippen LogP contribution in [0.4, 0.5) is 0 Å². The molecule has 0 radical (unpaired) electrons. The highest BCUT2D eigenvalue weighted by atomic mass is 79.9. The van der Waals surface area contributed by atoms with E-state index in [4.69, 9.17) is 11.6 Å². The summed E-state index contributed by atoms with van der Waals surface area (Å²) in [5.74, 6) is 0.538. The fourth-order valence-electron chi connectivity index (χ4n) is 2.79. The number of aryl methyl sites for hydroxylation is 2. The smallest absolute Gasteiger partial charge is 0.0481 e. The SMILES string of the molecule is Cc1cc(Cl)c(C(Br)C2Cc3ccccc32)cc1C. The molecule has 0 aromatic heterocycles. The maximum atomic E-state index is 6.42. The van der Waals surface area contributed by atoms with Crippen molar-refractivity contribution in [2.45, 2.75) is 31.0 Å². The van der Waals surface area contributed by atoms with Gasteiger partial charge in [0.1, 0.15) is 0 Å². The van der Waals surface area contributed by atoms with Crippen molar-refractivity contribution in [2.75, 3.05) is 0 Å². The minimum Gasteiger partial charge on any atom is -0.0840 e. The van der Waals surface area contributed by atoms with Crippen molar-refractivity contribution in [3.05, 3.63) is 69.2 Å². The third-order valence-corrected chi connectivity index (χ3v) is 5.62. The van der Waals surface area contributed by atoms with Crippen LogP contribution in [0.15, 0.2) is 36.4 Å². The van der Waals surface area contributed by atoms with E-state index in [-0.39, 0.29) is 0 Å². The van der Waals surface area contributed by atoms with Gasteiger partial charge in [0.25, 0.3) is 0 Å². The Morgan fingerprint density at radius 1 is 1.16 bits per heavy atom. The van der Waals surface area contributed by atoms with E-state index >= 15 is 0 Å². The molecule has 0 N–H and O–H groups in total. The third-order valence-electron chi connectivity index (χ3n) is 4.16.